The van der Waals surface area contributed by atoms with E-state index >= 15 is 0 Å². The number of nitrogens with one attached hydrogen (secondary N) is 1. The van der Waals surface area contributed by atoms with Crippen molar-refractivity contribution in [1.29, 1.82) is 0 Å². The van der Waals surface area contributed by atoms with E-state index in [0.29, 0.717) is 11.3 Å². The molecule has 0 saturated carbocycles. The van der Waals surface area contributed by atoms with E-state index in [1.54, 1.807) is 0 Å². The van der Waals surface area contributed by atoms with Gasteiger partial charge in [-0.3, -0.25) is 4.79 Å². The van der Waals surface area contributed by atoms with Gasteiger partial charge in [0.2, 0.25) is 0 Å². The third-order valence-electron chi connectivity index (χ3n) is 2.88. The quantitative estimate of drug-likeness (QED) is 0.887. The fraction of sp³-hybridized carbons (Fsp3) is 0.357. The van der Waals surface area contributed by atoms with Gasteiger partial charge in [0.15, 0.2) is 0 Å². The first-order valence-electron chi connectivity index (χ1n) is 6.45. The number of anilines is 1. The summed E-state index contributed by atoms with van der Waals surface area (Å²) in [7, 11) is 0. The Balaban J connectivity index is 2.09. The summed E-state index contributed by atoms with van der Waals surface area (Å²) in [6.07, 6.45) is 0.616. The molecule has 0 aliphatic carbocycles. The average molecular weight is 291 g/mol. The van der Waals surface area contributed by atoms with Gasteiger partial charge in [-0.1, -0.05) is 30.5 Å². The van der Waals surface area contributed by atoms with Gasteiger partial charge in [-0.2, -0.15) is 0 Å². The first-order valence-corrected chi connectivity index (χ1v) is 7.22. The molecule has 20 heavy (non-hydrogen) atoms. The lowest BCUT2D eigenvalue weighted by Crippen LogP contribution is -2.13. The smallest absolute Gasteiger partial charge is 0.269 e. The van der Waals surface area contributed by atoms with Crippen LogP contribution in [0.2, 0.25) is 0 Å². The largest absolute Gasteiger partial charge is 0.396 e. The molecule has 2 aromatic rings. The van der Waals surface area contributed by atoms with Crippen LogP contribution in [0, 0.1) is 0 Å². The lowest BCUT2D eigenvalue weighted by molar-refractivity contribution is 0.102. The predicted octanol–water partition coefficient (Wildman–Crippen LogP) is 2.45. The van der Waals surface area contributed by atoms with E-state index in [4.69, 9.17) is 5.11 Å². The SMILES string of the molecule is CC(C)c1nnsc1C(=O)Nc1ccc(CCO)cc1. The minimum Gasteiger partial charge on any atom is -0.396 e. The van der Waals surface area contributed by atoms with Gasteiger partial charge < -0.3 is 10.4 Å². The van der Waals surface area contributed by atoms with Crippen molar-refractivity contribution in [3.8, 4) is 0 Å². The standard InChI is InChI=1S/C14H17N3O2S/c1-9(2)12-13(20-17-16-12)14(19)15-11-5-3-10(4-6-11)7-8-18/h3-6,9,18H,7-8H2,1-2H3,(H,15,19). The van der Waals surface area contributed by atoms with Gasteiger partial charge in [0.25, 0.3) is 5.91 Å². The predicted molar refractivity (Wildman–Crippen MR) is 79.2 cm³/mol. The molecule has 5 nitrogen and oxygen atoms in total. The Labute approximate surface area is 121 Å². The lowest BCUT2D eigenvalue weighted by atomic mass is 10.1. The average Bonchev–Trinajstić information content (AvgIpc) is 2.91. The molecule has 0 saturated heterocycles. The Bertz CT molecular complexity index is 578. The fourth-order valence-corrected chi connectivity index (χ4v) is 2.52. The number of nitrogens with zero attached hydrogens (tertiary/aromatic N) is 2. The van der Waals surface area contributed by atoms with Crippen molar-refractivity contribution in [2.45, 2.75) is 26.2 Å². The number of hydrogen-bond donors (Lipinski definition) is 2. The molecule has 0 aliphatic heterocycles. The van der Waals surface area contributed by atoms with Crippen LogP contribution in [0.4, 0.5) is 5.69 Å². The molecule has 1 aromatic heterocycles. The molecule has 6 heteroatoms. The minimum atomic E-state index is -0.182. The summed E-state index contributed by atoms with van der Waals surface area (Å²) in [5.74, 6) is -0.0139. The van der Waals surface area contributed by atoms with Crippen LogP contribution in [-0.4, -0.2) is 27.2 Å². The highest BCUT2D eigenvalue weighted by molar-refractivity contribution is 7.08. The summed E-state index contributed by atoms with van der Waals surface area (Å²) in [6.45, 7) is 4.09. The number of carbonyl (C=O) groups excluding carboxylic acids is 1. The number of aliphatic hydroxyl groups excluding tert-OH is 1. The van der Waals surface area contributed by atoms with Crippen LogP contribution in [0.5, 0.6) is 0 Å². The lowest BCUT2D eigenvalue weighted by Gasteiger charge is -2.07. The normalized spacial score (nSPS) is 10.8. The number of aliphatic hydroxyl groups is 1. The highest BCUT2D eigenvalue weighted by atomic mass is 32.1. The van der Waals surface area contributed by atoms with Crippen molar-refractivity contribution in [3.63, 3.8) is 0 Å². The summed E-state index contributed by atoms with van der Waals surface area (Å²) < 4.78 is 3.85. The number of amides is 1. The van der Waals surface area contributed by atoms with Crippen LogP contribution in [0.1, 0.15) is 40.7 Å². The molecule has 2 N–H and O–H groups in total. The molecule has 2 rings (SSSR count). The summed E-state index contributed by atoms with van der Waals surface area (Å²) in [5, 5.41) is 15.7. The fourth-order valence-electron chi connectivity index (χ4n) is 1.80. The van der Waals surface area contributed by atoms with E-state index in [2.05, 4.69) is 14.9 Å². The maximum atomic E-state index is 12.2. The van der Waals surface area contributed by atoms with Crippen molar-refractivity contribution in [1.82, 2.24) is 9.59 Å². The van der Waals surface area contributed by atoms with E-state index < -0.39 is 0 Å². The monoisotopic (exact) mass is 291 g/mol. The Morgan fingerprint density at radius 2 is 2.05 bits per heavy atom. The van der Waals surface area contributed by atoms with Gasteiger partial charge in [0.05, 0.1) is 5.69 Å². The maximum Gasteiger partial charge on any atom is 0.269 e. The molecule has 0 radical (unpaired) electrons. The van der Waals surface area contributed by atoms with Gasteiger partial charge in [0.1, 0.15) is 4.88 Å². The first-order chi connectivity index (χ1) is 9.61. The zero-order chi connectivity index (χ0) is 14.5. The second kappa shape index (κ2) is 6.58. The van der Waals surface area contributed by atoms with Crippen LogP contribution in [0.15, 0.2) is 24.3 Å². The highest BCUT2D eigenvalue weighted by Crippen LogP contribution is 2.21. The molecule has 1 aromatic carbocycles. The Kier molecular flexibility index (Phi) is 4.81. The molecule has 0 aliphatic rings. The van der Waals surface area contributed by atoms with Gasteiger partial charge in [0, 0.05) is 12.3 Å². The zero-order valence-electron chi connectivity index (χ0n) is 11.5. The molecule has 1 amide bonds. The molecule has 0 fully saturated rings. The third kappa shape index (κ3) is 3.40. The van der Waals surface area contributed by atoms with Crippen LogP contribution in [0.3, 0.4) is 0 Å². The molecular formula is C14H17N3O2S. The van der Waals surface area contributed by atoms with Crippen molar-refractivity contribution in [2.24, 2.45) is 0 Å². The van der Waals surface area contributed by atoms with Crippen molar-refractivity contribution in [2.75, 3.05) is 11.9 Å². The number of hydrogen-bond acceptors (Lipinski definition) is 5. The van der Waals surface area contributed by atoms with Gasteiger partial charge in [-0.05, 0) is 41.6 Å². The highest BCUT2D eigenvalue weighted by Gasteiger charge is 2.18. The Hall–Kier alpha value is -1.79. The van der Waals surface area contributed by atoms with Gasteiger partial charge >= 0.3 is 0 Å². The third-order valence-corrected chi connectivity index (χ3v) is 3.62. The van der Waals surface area contributed by atoms with Crippen LogP contribution >= 0.6 is 11.5 Å². The van der Waals surface area contributed by atoms with Crippen LogP contribution in [-0.2, 0) is 6.42 Å². The molecule has 0 atom stereocenters. The summed E-state index contributed by atoms with van der Waals surface area (Å²) >= 11 is 1.11. The molecule has 0 spiro atoms. The van der Waals surface area contributed by atoms with Gasteiger partial charge in [-0.25, -0.2) is 0 Å². The summed E-state index contributed by atoms with van der Waals surface area (Å²) in [5.41, 5.74) is 2.48. The molecule has 0 bridgehead atoms. The summed E-state index contributed by atoms with van der Waals surface area (Å²) in [6, 6.07) is 7.43. The molecule has 106 valence electrons. The maximum absolute atomic E-state index is 12.2. The van der Waals surface area contributed by atoms with E-state index in [9.17, 15) is 4.79 Å². The van der Waals surface area contributed by atoms with Crippen LogP contribution < -0.4 is 5.32 Å². The molecular weight excluding hydrogens is 274 g/mol. The van der Waals surface area contributed by atoms with E-state index in [0.717, 1.165) is 28.5 Å². The number of benzene rings is 1. The second-order valence-corrected chi connectivity index (χ2v) is 5.52. The Morgan fingerprint density at radius 1 is 1.35 bits per heavy atom. The number of carbonyl (C=O) groups is 1. The van der Waals surface area contributed by atoms with Gasteiger partial charge in [-0.15, -0.1) is 5.10 Å². The number of aromatic nitrogens is 2. The summed E-state index contributed by atoms with van der Waals surface area (Å²) in [4.78, 5) is 12.7. The molecule has 1 heterocycles. The van der Waals surface area contributed by atoms with Crippen LogP contribution in [0.25, 0.3) is 0 Å². The van der Waals surface area contributed by atoms with Crippen molar-refractivity contribution >= 4 is 23.1 Å². The van der Waals surface area contributed by atoms with Crippen molar-refractivity contribution in [3.05, 3.63) is 40.4 Å². The Morgan fingerprint density at radius 3 is 2.65 bits per heavy atom. The first kappa shape index (κ1) is 14.6. The topological polar surface area (TPSA) is 75.1 Å². The number of rotatable bonds is 5. The zero-order valence-corrected chi connectivity index (χ0v) is 12.3. The van der Waals surface area contributed by atoms with E-state index in [1.807, 2.05) is 38.1 Å². The van der Waals surface area contributed by atoms with E-state index in [1.165, 1.54) is 0 Å². The minimum absolute atomic E-state index is 0.121. The second-order valence-electron chi connectivity index (χ2n) is 4.77. The molecule has 0 unspecified atom stereocenters. The van der Waals surface area contributed by atoms with Crippen molar-refractivity contribution < 1.29 is 9.90 Å². The van der Waals surface area contributed by atoms with E-state index in [-0.39, 0.29) is 18.4 Å².